The van der Waals surface area contributed by atoms with Crippen molar-refractivity contribution in [1.82, 2.24) is 5.32 Å². The first-order valence-electron chi connectivity index (χ1n) is 8.69. The zero-order chi connectivity index (χ0) is 21.0. The SMILES string of the molecule is Cc1c(Cc2ccccc2)sc(NC(=S)NC(=O)c2ccc(Br)cc2)c1C(N)=O. The van der Waals surface area contributed by atoms with E-state index in [1.165, 1.54) is 11.3 Å². The number of primary amides is 1. The van der Waals surface area contributed by atoms with Gasteiger partial charge in [0.25, 0.3) is 11.8 Å². The molecule has 1 aromatic heterocycles. The average Bonchev–Trinajstić information content (AvgIpc) is 2.97. The third kappa shape index (κ3) is 5.29. The van der Waals surface area contributed by atoms with E-state index in [1.807, 2.05) is 37.3 Å². The minimum Gasteiger partial charge on any atom is -0.365 e. The Balaban J connectivity index is 1.77. The molecule has 0 aliphatic heterocycles. The molecule has 29 heavy (non-hydrogen) atoms. The Kier molecular flexibility index (Phi) is 6.79. The van der Waals surface area contributed by atoms with Crippen molar-refractivity contribution in [3.63, 3.8) is 0 Å². The monoisotopic (exact) mass is 487 g/mol. The molecule has 2 amide bonds. The zero-order valence-electron chi connectivity index (χ0n) is 15.5. The summed E-state index contributed by atoms with van der Waals surface area (Å²) >= 11 is 10.0. The van der Waals surface area contributed by atoms with Gasteiger partial charge in [0, 0.05) is 21.3 Å². The Bertz CT molecular complexity index is 1060. The fourth-order valence-corrected chi connectivity index (χ4v) is 4.58. The molecule has 0 saturated carbocycles. The van der Waals surface area contributed by atoms with Crippen LogP contribution in [0.3, 0.4) is 0 Å². The molecular weight excluding hydrogens is 470 g/mol. The molecule has 0 unspecified atom stereocenters. The van der Waals surface area contributed by atoms with Gasteiger partial charge in [0.2, 0.25) is 0 Å². The summed E-state index contributed by atoms with van der Waals surface area (Å²) in [6.45, 7) is 1.86. The molecular formula is C21H18BrN3O2S2. The van der Waals surface area contributed by atoms with Crippen molar-refractivity contribution < 1.29 is 9.59 Å². The van der Waals surface area contributed by atoms with Gasteiger partial charge < -0.3 is 11.1 Å². The van der Waals surface area contributed by atoms with Crippen LogP contribution in [0.2, 0.25) is 0 Å². The first-order chi connectivity index (χ1) is 13.8. The molecule has 1 heterocycles. The number of rotatable bonds is 5. The minimum atomic E-state index is -0.539. The summed E-state index contributed by atoms with van der Waals surface area (Å²) < 4.78 is 0.876. The lowest BCUT2D eigenvalue weighted by atomic mass is 10.1. The Morgan fingerprint density at radius 2 is 1.76 bits per heavy atom. The number of halogens is 1. The molecule has 3 aromatic rings. The topological polar surface area (TPSA) is 84.2 Å². The number of thiocarbonyl (C=S) groups is 1. The van der Waals surface area contributed by atoms with E-state index in [-0.39, 0.29) is 11.0 Å². The number of hydrogen-bond donors (Lipinski definition) is 3. The molecule has 148 valence electrons. The van der Waals surface area contributed by atoms with Gasteiger partial charge in [-0.25, -0.2) is 0 Å². The van der Waals surface area contributed by atoms with Crippen LogP contribution in [-0.4, -0.2) is 16.9 Å². The molecule has 2 aromatic carbocycles. The van der Waals surface area contributed by atoms with Gasteiger partial charge in [0.1, 0.15) is 5.00 Å². The second-order valence-corrected chi connectivity index (χ2v) is 8.73. The summed E-state index contributed by atoms with van der Waals surface area (Å²) in [6, 6.07) is 16.9. The van der Waals surface area contributed by atoms with Crippen molar-refractivity contribution in [1.29, 1.82) is 0 Å². The largest absolute Gasteiger partial charge is 0.365 e. The Morgan fingerprint density at radius 3 is 2.38 bits per heavy atom. The van der Waals surface area contributed by atoms with Crippen LogP contribution in [0, 0.1) is 6.92 Å². The van der Waals surface area contributed by atoms with Crippen molar-refractivity contribution in [2.24, 2.45) is 5.73 Å². The van der Waals surface area contributed by atoms with Gasteiger partial charge >= 0.3 is 0 Å². The predicted molar refractivity (Wildman–Crippen MR) is 125 cm³/mol. The van der Waals surface area contributed by atoms with Crippen LogP contribution in [0.4, 0.5) is 5.00 Å². The Labute approximate surface area is 186 Å². The minimum absolute atomic E-state index is 0.105. The molecule has 0 aliphatic carbocycles. The van der Waals surface area contributed by atoms with E-state index in [2.05, 4.69) is 26.6 Å². The fraction of sp³-hybridized carbons (Fsp3) is 0.0952. The van der Waals surface area contributed by atoms with Gasteiger partial charge in [-0.1, -0.05) is 46.3 Å². The van der Waals surface area contributed by atoms with Crippen molar-refractivity contribution in [2.45, 2.75) is 13.3 Å². The molecule has 0 fully saturated rings. The van der Waals surface area contributed by atoms with Crippen molar-refractivity contribution in [2.75, 3.05) is 5.32 Å². The summed E-state index contributed by atoms with van der Waals surface area (Å²) in [5.41, 5.74) is 8.40. The molecule has 3 rings (SSSR count). The van der Waals surface area contributed by atoms with E-state index in [4.69, 9.17) is 18.0 Å². The van der Waals surface area contributed by atoms with Gasteiger partial charge in [-0.05, 0) is 54.5 Å². The molecule has 0 spiro atoms. The standard InChI is InChI=1S/C21H18BrN3O2S2/c1-12-16(11-13-5-3-2-4-6-13)29-20(17(12)18(23)26)25-21(28)24-19(27)14-7-9-15(22)10-8-14/h2-10H,11H2,1H3,(H2,23,26)(H2,24,25,27,28). The van der Waals surface area contributed by atoms with Crippen LogP contribution >= 0.6 is 39.5 Å². The molecule has 0 atom stereocenters. The van der Waals surface area contributed by atoms with Crippen LogP contribution in [0.5, 0.6) is 0 Å². The van der Waals surface area contributed by atoms with Crippen LogP contribution in [-0.2, 0) is 6.42 Å². The van der Waals surface area contributed by atoms with E-state index < -0.39 is 5.91 Å². The van der Waals surface area contributed by atoms with Crippen LogP contribution in [0.25, 0.3) is 0 Å². The number of carbonyl (C=O) groups excluding carboxylic acids is 2. The number of carbonyl (C=O) groups is 2. The lowest BCUT2D eigenvalue weighted by molar-refractivity contribution is 0.0975. The van der Waals surface area contributed by atoms with E-state index >= 15 is 0 Å². The predicted octanol–water partition coefficient (Wildman–Crippen LogP) is 4.64. The molecule has 0 radical (unpaired) electrons. The maximum atomic E-state index is 12.3. The van der Waals surface area contributed by atoms with E-state index in [9.17, 15) is 9.59 Å². The van der Waals surface area contributed by atoms with E-state index in [0.29, 0.717) is 22.5 Å². The second-order valence-electron chi connectivity index (χ2n) is 6.30. The first-order valence-corrected chi connectivity index (χ1v) is 10.7. The number of thiophene rings is 1. The highest BCUT2D eigenvalue weighted by atomic mass is 79.9. The van der Waals surface area contributed by atoms with Gasteiger partial charge in [-0.15, -0.1) is 11.3 Å². The lowest BCUT2D eigenvalue weighted by Gasteiger charge is -2.09. The molecule has 0 aliphatic rings. The number of benzene rings is 2. The first kappa shape index (κ1) is 21.2. The van der Waals surface area contributed by atoms with E-state index in [1.54, 1.807) is 24.3 Å². The van der Waals surface area contributed by atoms with Crippen LogP contribution in [0.1, 0.15) is 36.7 Å². The molecule has 0 bridgehead atoms. The maximum absolute atomic E-state index is 12.3. The summed E-state index contributed by atoms with van der Waals surface area (Å²) in [6.07, 6.45) is 0.678. The van der Waals surface area contributed by atoms with Crippen LogP contribution < -0.4 is 16.4 Å². The van der Waals surface area contributed by atoms with E-state index in [0.717, 1.165) is 20.5 Å². The van der Waals surface area contributed by atoms with Crippen molar-refractivity contribution >= 4 is 61.4 Å². The summed E-state index contributed by atoms with van der Waals surface area (Å²) in [5.74, 6) is -0.879. The highest BCUT2D eigenvalue weighted by Crippen LogP contribution is 2.34. The maximum Gasteiger partial charge on any atom is 0.257 e. The number of hydrogen-bond acceptors (Lipinski definition) is 4. The third-order valence-electron chi connectivity index (χ3n) is 4.26. The zero-order valence-corrected chi connectivity index (χ0v) is 18.7. The van der Waals surface area contributed by atoms with Crippen LogP contribution in [0.15, 0.2) is 59.1 Å². The molecule has 5 nitrogen and oxygen atoms in total. The smallest absolute Gasteiger partial charge is 0.257 e. The summed E-state index contributed by atoms with van der Waals surface area (Å²) in [5, 5.41) is 6.22. The number of anilines is 1. The Morgan fingerprint density at radius 1 is 1.10 bits per heavy atom. The summed E-state index contributed by atoms with van der Waals surface area (Å²) in [7, 11) is 0. The normalized spacial score (nSPS) is 10.4. The molecule has 0 saturated heterocycles. The Hall–Kier alpha value is -2.55. The highest BCUT2D eigenvalue weighted by molar-refractivity contribution is 9.10. The van der Waals surface area contributed by atoms with Gasteiger partial charge in [0.15, 0.2) is 5.11 Å². The average molecular weight is 488 g/mol. The number of amides is 2. The fourth-order valence-electron chi connectivity index (χ4n) is 2.81. The van der Waals surface area contributed by atoms with Gasteiger partial charge in [-0.2, -0.15) is 0 Å². The van der Waals surface area contributed by atoms with Crippen molar-refractivity contribution in [3.05, 3.63) is 86.2 Å². The number of nitrogens with one attached hydrogen (secondary N) is 2. The third-order valence-corrected chi connectivity index (χ3v) is 6.20. The summed E-state index contributed by atoms with van der Waals surface area (Å²) in [4.78, 5) is 25.4. The number of nitrogens with two attached hydrogens (primary N) is 1. The quantitative estimate of drug-likeness (QED) is 0.457. The lowest BCUT2D eigenvalue weighted by Crippen LogP contribution is -2.34. The second kappa shape index (κ2) is 9.30. The van der Waals surface area contributed by atoms with Crippen molar-refractivity contribution in [3.8, 4) is 0 Å². The molecule has 8 heteroatoms. The highest BCUT2D eigenvalue weighted by Gasteiger charge is 2.20. The van der Waals surface area contributed by atoms with Gasteiger partial charge in [0.05, 0.1) is 5.56 Å². The van der Waals surface area contributed by atoms with Gasteiger partial charge in [-0.3, -0.25) is 14.9 Å². The molecule has 4 N–H and O–H groups in total.